The molecule has 0 aromatic carbocycles. The van der Waals surface area contributed by atoms with Gasteiger partial charge in [0.05, 0.1) is 24.7 Å². The number of rotatable bonds is 8. The van der Waals surface area contributed by atoms with Gasteiger partial charge in [0, 0.05) is 6.54 Å². The summed E-state index contributed by atoms with van der Waals surface area (Å²) in [7, 11) is 0. The lowest BCUT2D eigenvalue weighted by Gasteiger charge is -2.08. The van der Waals surface area contributed by atoms with Gasteiger partial charge in [0.2, 0.25) is 11.6 Å². The van der Waals surface area contributed by atoms with Crippen LogP contribution in [0.25, 0.3) is 0 Å². The summed E-state index contributed by atoms with van der Waals surface area (Å²) in [5.74, 6) is 5.10. The van der Waals surface area contributed by atoms with Crippen molar-refractivity contribution >= 4 is 17.3 Å². The highest BCUT2D eigenvalue weighted by molar-refractivity contribution is 5.68. The fraction of sp³-hybridized carbons (Fsp3) is 0.500. The molecule has 10 heteroatoms. The third-order valence-electron chi connectivity index (χ3n) is 1.92. The lowest BCUT2D eigenvalue weighted by molar-refractivity contribution is -0.383. The maximum atomic E-state index is 10.9. The molecule has 5 N–H and O–H groups in total. The molecule has 18 heavy (non-hydrogen) atoms. The molecule has 1 aromatic heterocycles. The largest absolute Gasteiger partial charge is 0.394 e. The van der Waals surface area contributed by atoms with Crippen LogP contribution in [0.15, 0.2) is 6.33 Å². The molecule has 0 radical (unpaired) electrons. The quantitative estimate of drug-likeness (QED) is 0.201. The Morgan fingerprint density at radius 1 is 1.44 bits per heavy atom. The number of nitrogens with two attached hydrogens (primary N) is 1. The van der Waals surface area contributed by atoms with Gasteiger partial charge in [-0.25, -0.2) is 15.8 Å². The van der Waals surface area contributed by atoms with Crippen LogP contribution >= 0.6 is 0 Å². The van der Waals surface area contributed by atoms with E-state index in [4.69, 9.17) is 15.7 Å². The number of nitrogen functional groups attached to an aromatic ring is 1. The smallest absolute Gasteiger partial charge is 0.354 e. The van der Waals surface area contributed by atoms with Crippen molar-refractivity contribution in [2.45, 2.75) is 0 Å². The molecule has 1 heterocycles. The van der Waals surface area contributed by atoms with Gasteiger partial charge in [-0.15, -0.1) is 0 Å². The van der Waals surface area contributed by atoms with E-state index in [1.807, 2.05) is 0 Å². The van der Waals surface area contributed by atoms with Crippen molar-refractivity contribution < 1.29 is 14.8 Å². The summed E-state index contributed by atoms with van der Waals surface area (Å²) in [6.07, 6.45) is 1.15. The number of aliphatic hydroxyl groups excluding tert-OH is 1. The van der Waals surface area contributed by atoms with E-state index in [9.17, 15) is 10.1 Å². The van der Waals surface area contributed by atoms with Gasteiger partial charge >= 0.3 is 5.69 Å². The predicted octanol–water partition coefficient (Wildman–Crippen LogP) is -0.909. The van der Waals surface area contributed by atoms with E-state index in [0.717, 1.165) is 6.33 Å². The standard InChI is InChI=1S/C8H14N6O4/c9-13-8-6(14(16)17)7(11-5-12-8)10-1-3-18-4-2-15/h5,15H,1-4,9H2,(H2,10,11,12,13). The highest BCUT2D eigenvalue weighted by Crippen LogP contribution is 2.27. The zero-order chi connectivity index (χ0) is 13.4. The van der Waals surface area contributed by atoms with Crippen molar-refractivity contribution in [3.8, 4) is 0 Å². The summed E-state index contributed by atoms with van der Waals surface area (Å²) in [5.41, 5.74) is 1.80. The Balaban J connectivity index is 2.67. The number of hydrazine groups is 1. The number of ether oxygens (including phenoxy) is 1. The van der Waals surface area contributed by atoms with Crippen molar-refractivity contribution in [3.63, 3.8) is 0 Å². The summed E-state index contributed by atoms with van der Waals surface area (Å²) in [4.78, 5) is 17.6. The topological polar surface area (TPSA) is 148 Å². The molecule has 0 aliphatic rings. The Bertz CT molecular complexity index is 401. The van der Waals surface area contributed by atoms with Gasteiger partial charge in [-0.2, -0.15) is 0 Å². The molecule has 0 saturated heterocycles. The van der Waals surface area contributed by atoms with Crippen molar-refractivity contribution in [3.05, 3.63) is 16.4 Å². The number of anilines is 2. The van der Waals surface area contributed by atoms with Crippen LogP contribution in [0.2, 0.25) is 0 Å². The van der Waals surface area contributed by atoms with Crippen molar-refractivity contribution in [1.29, 1.82) is 0 Å². The highest BCUT2D eigenvalue weighted by Gasteiger charge is 2.21. The zero-order valence-corrected chi connectivity index (χ0v) is 9.50. The number of nitrogens with zero attached hydrogens (tertiary/aromatic N) is 3. The molecule has 10 nitrogen and oxygen atoms in total. The van der Waals surface area contributed by atoms with Gasteiger partial charge in [0.1, 0.15) is 6.33 Å². The third kappa shape index (κ3) is 3.76. The zero-order valence-electron chi connectivity index (χ0n) is 9.50. The Morgan fingerprint density at radius 3 is 2.78 bits per heavy atom. The minimum Gasteiger partial charge on any atom is -0.394 e. The number of aliphatic hydroxyl groups is 1. The van der Waals surface area contributed by atoms with E-state index in [-0.39, 0.29) is 37.1 Å². The van der Waals surface area contributed by atoms with E-state index in [2.05, 4.69) is 20.7 Å². The van der Waals surface area contributed by atoms with Crippen LogP contribution in [0.3, 0.4) is 0 Å². The van der Waals surface area contributed by atoms with Gasteiger partial charge in [-0.3, -0.25) is 10.1 Å². The molecule has 0 aliphatic heterocycles. The van der Waals surface area contributed by atoms with Gasteiger partial charge in [-0.05, 0) is 0 Å². The van der Waals surface area contributed by atoms with E-state index in [0.29, 0.717) is 6.54 Å². The molecule has 1 rings (SSSR count). The monoisotopic (exact) mass is 258 g/mol. The van der Waals surface area contributed by atoms with Crippen LogP contribution in [0.1, 0.15) is 0 Å². The minimum atomic E-state index is -0.633. The number of hydrogen-bond acceptors (Lipinski definition) is 9. The first-order chi connectivity index (χ1) is 8.70. The summed E-state index contributed by atoms with van der Waals surface area (Å²) >= 11 is 0. The van der Waals surface area contributed by atoms with Crippen molar-refractivity contribution in [2.24, 2.45) is 5.84 Å². The number of hydrogen-bond donors (Lipinski definition) is 4. The summed E-state index contributed by atoms with van der Waals surface area (Å²) < 4.78 is 5.00. The Labute approximate surface area is 102 Å². The fourth-order valence-corrected chi connectivity index (χ4v) is 1.19. The molecule has 0 aliphatic carbocycles. The molecule has 0 spiro atoms. The maximum Gasteiger partial charge on any atom is 0.354 e. The van der Waals surface area contributed by atoms with E-state index in [1.165, 1.54) is 0 Å². The number of nitro groups is 1. The summed E-state index contributed by atoms with van der Waals surface area (Å²) in [6.45, 7) is 0.729. The second kappa shape index (κ2) is 7.32. The third-order valence-corrected chi connectivity index (χ3v) is 1.92. The average molecular weight is 258 g/mol. The first kappa shape index (κ1) is 14.0. The van der Waals surface area contributed by atoms with Gasteiger partial charge in [0.25, 0.3) is 0 Å². The minimum absolute atomic E-state index is 0.0514. The van der Waals surface area contributed by atoms with Crippen LogP contribution in [-0.4, -0.2) is 46.4 Å². The van der Waals surface area contributed by atoms with Gasteiger partial charge in [-0.1, -0.05) is 0 Å². The second-order valence-electron chi connectivity index (χ2n) is 3.08. The number of nitrogens with one attached hydrogen (secondary N) is 2. The van der Waals surface area contributed by atoms with E-state index < -0.39 is 4.92 Å². The van der Waals surface area contributed by atoms with Crippen LogP contribution in [0.4, 0.5) is 17.3 Å². The van der Waals surface area contributed by atoms with Crippen LogP contribution in [-0.2, 0) is 4.74 Å². The lowest BCUT2D eigenvalue weighted by atomic mass is 10.4. The number of aromatic nitrogens is 2. The molecule has 100 valence electrons. The van der Waals surface area contributed by atoms with Crippen molar-refractivity contribution in [2.75, 3.05) is 37.1 Å². The summed E-state index contributed by atoms with van der Waals surface area (Å²) in [5, 5.41) is 22.1. The first-order valence-corrected chi connectivity index (χ1v) is 5.09. The van der Waals surface area contributed by atoms with Crippen LogP contribution < -0.4 is 16.6 Å². The second-order valence-corrected chi connectivity index (χ2v) is 3.08. The normalized spacial score (nSPS) is 10.1. The highest BCUT2D eigenvalue weighted by atomic mass is 16.6. The fourth-order valence-electron chi connectivity index (χ4n) is 1.19. The molecule has 0 amide bonds. The molecule has 0 saturated carbocycles. The first-order valence-electron chi connectivity index (χ1n) is 5.09. The molecule has 0 bridgehead atoms. The SMILES string of the molecule is NNc1ncnc(NCCOCCO)c1[N+](=O)[O-]. The molecular formula is C8H14N6O4. The Hall–Kier alpha value is -2.04. The van der Waals surface area contributed by atoms with Crippen LogP contribution in [0, 0.1) is 10.1 Å². The molecule has 1 aromatic rings. The molecular weight excluding hydrogens is 244 g/mol. The maximum absolute atomic E-state index is 10.9. The van der Waals surface area contributed by atoms with Crippen molar-refractivity contribution in [1.82, 2.24) is 9.97 Å². The lowest BCUT2D eigenvalue weighted by Crippen LogP contribution is -2.16. The molecule has 0 atom stereocenters. The van der Waals surface area contributed by atoms with E-state index >= 15 is 0 Å². The van der Waals surface area contributed by atoms with Gasteiger partial charge in [0.15, 0.2) is 0 Å². The van der Waals surface area contributed by atoms with Crippen LogP contribution in [0.5, 0.6) is 0 Å². The predicted molar refractivity (Wildman–Crippen MR) is 62.9 cm³/mol. The average Bonchev–Trinajstić information content (AvgIpc) is 2.37. The molecule has 0 unspecified atom stereocenters. The molecule has 0 fully saturated rings. The Kier molecular flexibility index (Phi) is 5.70. The van der Waals surface area contributed by atoms with E-state index in [1.54, 1.807) is 0 Å². The van der Waals surface area contributed by atoms with Gasteiger partial charge < -0.3 is 20.6 Å². The summed E-state index contributed by atoms with van der Waals surface area (Å²) in [6, 6.07) is 0. The Morgan fingerprint density at radius 2 is 2.17 bits per heavy atom.